The van der Waals surface area contributed by atoms with E-state index < -0.39 is 0 Å². The molecule has 0 bridgehead atoms. The van der Waals surface area contributed by atoms with Gasteiger partial charge in [0, 0.05) is 31.6 Å². The normalized spacial score (nSPS) is 35.7. The van der Waals surface area contributed by atoms with E-state index >= 15 is 0 Å². The first-order valence-corrected chi connectivity index (χ1v) is 5.04. The third-order valence-corrected chi connectivity index (χ3v) is 3.38. The Balaban J connectivity index is 2.41. The highest BCUT2D eigenvalue weighted by Gasteiger charge is 2.50. The van der Waals surface area contributed by atoms with Gasteiger partial charge in [-0.2, -0.15) is 5.10 Å². The van der Waals surface area contributed by atoms with Gasteiger partial charge in [0.2, 0.25) is 5.91 Å². The lowest BCUT2D eigenvalue weighted by molar-refractivity contribution is -0.155. The summed E-state index contributed by atoms with van der Waals surface area (Å²) in [6.45, 7) is 3.74. The molecule has 3 atom stereocenters. The van der Waals surface area contributed by atoms with Crippen molar-refractivity contribution >= 4 is 17.5 Å². The Bertz CT molecular complexity index is 364. The second-order valence-electron chi connectivity index (χ2n) is 4.31. The molecule has 0 aliphatic carbocycles. The van der Waals surface area contributed by atoms with Crippen molar-refractivity contribution in [1.82, 2.24) is 9.91 Å². The molecule has 0 aromatic heterocycles. The summed E-state index contributed by atoms with van der Waals surface area (Å²) in [5.74, 6) is -0.463. The topological polar surface area (TPSA) is 53.0 Å². The van der Waals surface area contributed by atoms with Crippen molar-refractivity contribution in [1.29, 1.82) is 0 Å². The zero-order valence-electron chi connectivity index (χ0n) is 9.39. The standard InChI is InChI=1S/C10H15N3O2/c1-5-7-6(2)11-13(4)8(7)10(15)12(3)9(5)14/h5,7-8H,1-4H3. The Kier molecular flexibility index (Phi) is 2.06. The minimum Gasteiger partial charge on any atom is -0.287 e. The molecule has 1 fully saturated rings. The number of hydrogen-bond acceptors (Lipinski definition) is 4. The average Bonchev–Trinajstić information content (AvgIpc) is 2.47. The van der Waals surface area contributed by atoms with Crippen molar-refractivity contribution in [3.8, 4) is 0 Å². The molecule has 2 amide bonds. The van der Waals surface area contributed by atoms with Crippen LogP contribution in [0.15, 0.2) is 5.10 Å². The number of hydrogen-bond donors (Lipinski definition) is 0. The van der Waals surface area contributed by atoms with E-state index in [2.05, 4.69) is 5.10 Å². The molecule has 1 saturated heterocycles. The van der Waals surface area contributed by atoms with Gasteiger partial charge >= 0.3 is 0 Å². The van der Waals surface area contributed by atoms with E-state index in [-0.39, 0.29) is 29.7 Å². The summed E-state index contributed by atoms with van der Waals surface area (Å²) in [7, 11) is 3.32. The Morgan fingerprint density at radius 3 is 2.40 bits per heavy atom. The highest BCUT2D eigenvalue weighted by atomic mass is 16.2. The highest BCUT2D eigenvalue weighted by Crippen LogP contribution is 2.33. The summed E-state index contributed by atoms with van der Waals surface area (Å²) < 4.78 is 0. The van der Waals surface area contributed by atoms with Crippen LogP contribution in [0.4, 0.5) is 0 Å². The summed E-state index contributed by atoms with van der Waals surface area (Å²) in [5, 5.41) is 5.92. The molecular weight excluding hydrogens is 194 g/mol. The lowest BCUT2D eigenvalue weighted by atomic mass is 9.80. The highest BCUT2D eigenvalue weighted by molar-refractivity contribution is 6.07. The fourth-order valence-electron chi connectivity index (χ4n) is 2.55. The minimum absolute atomic E-state index is 0.0498. The van der Waals surface area contributed by atoms with Crippen LogP contribution in [0.1, 0.15) is 13.8 Å². The van der Waals surface area contributed by atoms with Crippen LogP contribution in [-0.2, 0) is 9.59 Å². The van der Waals surface area contributed by atoms with Crippen LogP contribution in [-0.4, -0.2) is 47.6 Å². The summed E-state index contributed by atoms with van der Waals surface area (Å²) in [6, 6.07) is -0.289. The molecule has 0 N–H and O–H groups in total. The van der Waals surface area contributed by atoms with Gasteiger partial charge in [0.15, 0.2) is 0 Å². The molecule has 2 aliphatic heterocycles. The van der Waals surface area contributed by atoms with Gasteiger partial charge in [-0.05, 0) is 6.92 Å². The van der Waals surface area contributed by atoms with Crippen LogP contribution >= 0.6 is 0 Å². The molecule has 2 heterocycles. The number of rotatable bonds is 0. The fraction of sp³-hybridized carbons (Fsp3) is 0.700. The third kappa shape index (κ3) is 1.19. The zero-order chi connectivity index (χ0) is 11.3. The number of nitrogens with zero attached hydrogens (tertiary/aromatic N) is 3. The van der Waals surface area contributed by atoms with E-state index in [1.54, 1.807) is 19.1 Å². The number of fused-ring (bicyclic) bond motifs is 1. The first-order valence-electron chi connectivity index (χ1n) is 5.04. The van der Waals surface area contributed by atoms with E-state index in [1.165, 1.54) is 4.90 Å². The minimum atomic E-state index is -0.289. The summed E-state index contributed by atoms with van der Waals surface area (Å²) in [4.78, 5) is 24.9. The quantitative estimate of drug-likeness (QED) is 0.525. The van der Waals surface area contributed by atoms with Crippen molar-refractivity contribution in [3.05, 3.63) is 0 Å². The molecular formula is C10H15N3O2. The Morgan fingerprint density at radius 1 is 1.20 bits per heavy atom. The smallest absolute Gasteiger partial charge is 0.254 e. The van der Waals surface area contributed by atoms with Crippen molar-refractivity contribution in [2.24, 2.45) is 16.9 Å². The van der Waals surface area contributed by atoms with Crippen molar-refractivity contribution < 1.29 is 9.59 Å². The molecule has 0 aromatic rings. The first kappa shape index (κ1) is 10.1. The summed E-state index contributed by atoms with van der Waals surface area (Å²) in [5.41, 5.74) is 0.879. The van der Waals surface area contributed by atoms with Gasteiger partial charge in [0.1, 0.15) is 6.04 Å². The maximum atomic E-state index is 11.9. The average molecular weight is 209 g/mol. The van der Waals surface area contributed by atoms with Gasteiger partial charge in [0.05, 0.1) is 0 Å². The molecule has 0 aromatic carbocycles. The number of piperidine rings is 1. The summed E-state index contributed by atoms with van der Waals surface area (Å²) in [6.07, 6.45) is 0. The van der Waals surface area contributed by atoms with Gasteiger partial charge < -0.3 is 0 Å². The molecule has 0 radical (unpaired) electrons. The predicted octanol–water partition coefficient (Wildman–Crippen LogP) is -0.0728. The number of amides is 2. The second-order valence-corrected chi connectivity index (χ2v) is 4.31. The van der Waals surface area contributed by atoms with Gasteiger partial charge in [-0.15, -0.1) is 0 Å². The largest absolute Gasteiger partial charge is 0.287 e. The van der Waals surface area contributed by atoms with Crippen LogP contribution in [0.2, 0.25) is 0 Å². The van der Waals surface area contributed by atoms with E-state index in [1.807, 2.05) is 13.8 Å². The number of carbonyl (C=O) groups excluding carboxylic acids is 2. The van der Waals surface area contributed by atoms with E-state index in [0.717, 1.165) is 5.71 Å². The molecule has 5 nitrogen and oxygen atoms in total. The van der Waals surface area contributed by atoms with E-state index in [9.17, 15) is 9.59 Å². The zero-order valence-corrected chi connectivity index (χ0v) is 9.39. The van der Waals surface area contributed by atoms with Gasteiger partial charge in [0.25, 0.3) is 5.91 Å². The monoisotopic (exact) mass is 209 g/mol. The van der Waals surface area contributed by atoms with Crippen LogP contribution in [0, 0.1) is 11.8 Å². The molecule has 0 spiro atoms. The second kappa shape index (κ2) is 3.05. The molecule has 82 valence electrons. The number of likely N-dealkylation sites (N-methyl/N-ethyl adjacent to an activating group) is 2. The maximum Gasteiger partial charge on any atom is 0.254 e. The van der Waals surface area contributed by atoms with Crippen LogP contribution < -0.4 is 0 Å². The van der Waals surface area contributed by atoms with Gasteiger partial charge in [-0.25, -0.2) is 0 Å². The number of hydrazone groups is 1. The third-order valence-electron chi connectivity index (χ3n) is 3.38. The number of likely N-dealkylation sites (tertiary alicyclic amines) is 1. The Hall–Kier alpha value is -1.39. The molecule has 2 aliphatic rings. The molecule has 0 saturated carbocycles. The fourth-order valence-corrected chi connectivity index (χ4v) is 2.55. The summed E-state index contributed by atoms with van der Waals surface area (Å²) >= 11 is 0. The number of imide groups is 1. The molecule has 3 unspecified atom stereocenters. The number of carbonyl (C=O) groups is 2. The van der Waals surface area contributed by atoms with Crippen molar-refractivity contribution in [3.63, 3.8) is 0 Å². The molecule has 5 heteroatoms. The lowest BCUT2D eigenvalue weighted by Gasteiger charge is -2.36. The van der Waals surface area contributed by atoms with Crippen LogP contribution in [0.25, 0.3) is 0 Å². The van der Waals surface area contributed by atoms with E-state index in [0.29, 0.717) is 0 Å². The SMILES string of the molecule is CC1=NN(C)C2C(=O)N(C)C(=O)C(C)C12. The molecule has 2 rings (SSSR count). The van der Waals surface area contributed by atoms with Gasteiger partial charge in [-0.1, -0.05) is 6.92 Å². The van der Waals surface area contributed by atoms with Crippen LogP contribution in [0.5, 0.6) is 0 Å². The molecule has 15 heavy (non-hydrogen) atoms. The first-order chi connectivity index (χ1) is 6.95. The van der Waals surface area contributed by atoms with Crippen LogP contribution in [0.3, 0.4) is 0 Å². The van der Waals surface area contributed by atoms with E-state index in [4.69, 9.17) is 0 Å². The maximum absolute atomic E-state index is 11.9. The Morgan fingerprint density at radius 2 is 1.80 bits per heavy atom. The lowest BCUT2D eigenvalue weighted by Crippen LogP contribution is -2.57. The Labute approximate surface area is 88.7 Å². The van der Waals surface area contributed by atoms with Crippen molar-refractivity contribution in [2.75, 3.05) is 14.1 Å². The van der Waals surface area contributed by atoms with Crippen molar-refractivity contribution in [2.45, 2.75) is 19.9 Å². The van der Waals surface area contributed by atoms with Gasteiger partial charge in [-0.3, -0.25) is 19.5 Å². The predicted molar refractivity (Wildman–Crippen MR) is 55.1 cm³/mol.